The first-order valence-electron chi connectivity index (χ1n) is 7.15. The molecule has 4 nitrogen and oxygen atoms in total. The van der Waals surface area contributed by atoms with Gasteiger partial charge in [-0.25, -0.2) is 13.9 Å². The van der Waals surface area contributed by atoms with Gasteiger partial charge in [0.1, 0.15) is 6.10 Å². The Balaban J connectivity index is 1.87. The van der Waals surface area contributed by atoms with Crippen LogP contribution in [-0.2, 0) is 4.74 Å². The Kier molecular flexibility index (Phi) is 3.73. The second kappa shape index (κ2) is 5.68. The van der Waals surface area contributed by atoms with Gasteiger partial charge in [-0.05, 0) is 31.7 Å². The molecular weight excluding hydrogens is 271 g/mol. The van der Waals surface area contributed by atoms with Crippen LogP contribution in [0.2, 0.25) is 0 Å². The van der Waals surface area contributed by atoms with Gasteiger partial charge in [-0.2, -0.15) is 5.10 Å². The molecule has 0 unspecified atom stereocenters. The summed E-state index contributed by atoms with van der Waals surface area (Å²) in [5.74, 6) is -1.26. The van der Waals surface area contributed by atoms with E-state index >= 15 is 0 Å². The topological polar surface area (TPSA) is 44.1 Å². The highest BCUT2D eigenvalue weighted by Gasteiger charge is 2.28. The molecule has 0 bridgehead atoms. The van der Waals surface area contributed by atoms with Crippen molar-refractivity contribution in [3.63, 3.8) is 0 Å². The molecule has 1 aliphatic rings. The van der Waals surface area contributed by atoms with E-state index in [0.29, 0.717) is 0 Å². The Morgan fingerprint density at radius 1 is 1.38 bits per heavy atom. The molecule has 21 heavy (non-hydrogen) atoms. The summed E-state index contributed by atoms with van der Waals surface area (Å²) in [6.45, 7) is 1.88. The van der Waals surface area contributed by atoms with E-state index in [9.17, 15) is 9.18 Å². The lowest BCUT2D eigenvalue weighted by atomic mass is 9.96. The van der Waals surface area contributed by atoms with Gasteiger partial charge in [0, 0.05) is 0 Å². The van der Waals surface area contributed by atoms with Crippen molar-refractivity contribution in [1.29, 1.82) is 0 Å². The maximum atomic E-state index is 13.9. The number of rotatable bonds is 4. The monoisotopic (exact) mass is 288 g/mol. The number of halogens is 1. The maximum absolute atomic E-state index is 13.9. The highest BCUT2D eigenvalue weighted by molar-refractivity contribution is 5.88. The summed E-state index contributed by atoms with van der Waals surface area (Å²) in [4.78, 5) is 12.2. The predicted molar refractivity (Wildman–Crippen MR) is 75.5 cm³/mol. The lowest BCUT2D eigenvalue weighted by molar-refractivity contribution is 0.00710. The fourth-order valence-corrected chi connectivity index (χ4v) is 2.39. The van der Waals surface area contributed by atoms with E-state index in [4.69, 9.17) is 4.74 Å². The summed E-state index contributed by atoms with van der Waals surface area (Å²) >= 11 is 0. The highest BCUT2D eigenvalue weighted by Crippen LogP contribution is 2.25. The minimum absolute atomic E-state index is 0.0766. The molecule has 1 atom stereocenters. The van der Waals surface area contributed by atoms with Crippen LogP contribution >= 0.6 is 0 Å². The normalized spacial score (nSPS) is 16.3. The molecule has 5 heteroatoms. The molecule has 1 heterocycles. The van der Waals surface area contributed by atoms with Gasteiger partial charge in [0.25, 0.3) is 0 Å². The smallest absolute Gasteiger partial charge is 0.359 e. The van der Waals surface area contributed by atoms with Crippen LogP contribution in [-0.4, -0.2) is 21.9 Å². The van der Waals surface area contributed by atoms with Crippen LogP contribution in [0, 0.1) is 5.82 Å². The van der Waals surface area contributed by atoms with Crippen LogP contribution in [0.5, 0.6) is 0 Å². The van der Waals surface area contributed by atoms with E-state index in [0.717, 1.165) is 31.0 Å². The number of benzene rings is 1. The highest BCUT2D eigenvalue weighted by atomic mass is 19.1. The molecule has 0 N–H and O–H groups in total. The average molecular weight is 288 g/mol. The second-order valence-corrected chi connectivity index (χ2v) is 5.33. The van der Waals surface area contributed by atoms with Crippen LogP contribution in [0.3, 0.4) is 0 Å². The predicted octanol–water partition coefficient (Wildman–Crippen LogP) is 3.34. The number of nitrogens with zero attached hydrogens (tertiary/aromatic N) is 2. The lowest BCUT2D eigenvalue weighted by Gasteiger charge is -2.25. The van der Waals surface area contributed by atoms with Crippen LogP contribution in [0.4, 0.5) is 4.39 Å². The Bertz CT molecular complexity index is 635. The van der Waals surface area contributed by atoms with Gasteiger partial charge in [-0.15, -0.1) is 0 Å². The van der Waals surface area contributed by atoms with E-state index in [1.807, 2.05) is 37.3 Å². The molecule has 0 radical (unpaired) electrons. The summed E-state index contributed by atoms with van der Waals surface area (Å²) in [5.41, 5.74) is 0.858. The van der Waals surface area contributed by atoms with E-state index in [1.54, 1.807) is 0 Å². The average Bonchev–Trinajstić information content (AvgIpc) is 2.84. The molecule has 2 aromatic rings. The minimum atomic E-state index is -0.637. The van der Waals surface area contributed by atoms with Crippen molar-refractivity contribution >= 4 is 5.97 Å². The molecule has 0 saturated heterocycles. The number of hydrogen-bond donors (Lipinski definition) is 0. The van der Waals surface area contributed by atoms with Crippen molar-refractivity contribution in [3.05, 3.63) is 53.6 Å². The molecular formula is C16H17FN2O2. The summed E-state index contributed by atoms with van der Waals surface area (Å²) in [7, 11) is 0. The van der Waals surface area contributed by atoms with Gasteiger partial charge in [0.15, 0.2) is 11.5 Å². The van der Waals surface area contributed by atoms with Crippen molar-refractivity contribution in [2.75, 3.05) is 0 Å². The zero-order chi connectivity index (χ0) is 14.8. The summed E-state index contributed by atoms with van der Waals surface area (Å²) in [6, 6.07) is 9.32. The van der Waals surface area contributed by atoms with Crippen molar-refractivity contribution in [2.24, 2.45) is 0 Å². The molecule has 3 rings (SSSR count). The summed E-state index contributed by atoms with van der Waals surface area (Å²) < 4.78 is 20.6. The summed E-state index contributed by atoms with van der Waals surface area (Å²) in [6.07, 6.45) is 3.76. The number of carbonyl (C=O) groups is 1. The molecule has 0 aliphatic heterocycles. The molecule has 1 aliphatic carbocycles. The van der Waals surface area contributed by atoms with Gasteiger partial charge < -0.3 is 4.74 Å². The standard InChI is InChI=1S/C16H17FN2O2/c1-11(12-6-3-2-4-7-12)19-15(14(17)10-18-19)16(20)21-13-8-5-9-13/h2-4,6-7,10-11,13H,5,8-9H2,1H3/t11-/m1/s1. The largest absolute Gasteiger partial charge is 0.458 e. The van der Waals surface area contributed by atoms with E-state index in [-0.39, 0.29) is 17.8 Å². The number of carbonyl (C=O) groups excluding carboxylic acids is 1. The fourth-order valence-electron chi connectivity index (χ4n) is 2.39. The Hall–Kier alpha value is -2.17. The maximum Gasteiger partial charge on any atom is 0.359 e. The van der Waals surface area contributed by atoms with E-state index < -0.39 is 11.8 Å². The molecule has 0 amide bonds. The van der Waals surface area contributed by atoms with Crippen molar-refractivity contribution in [2.45, 2.75) is 38.3 Å². The first-order chi connectivity index (χ1) is 10.2. The van der Waals surface area contributed by atoms with Crippen LogP contribution in [0.25, 0.3) is 0 Å². The Morgan fingerprint density at radius 3 is 2.71 bits per heavy atom. The van der Waals surface area contributed by atoms with Gasteiger partial charge in [0.2, 0.25) is 0 Å². The fraction of sp³-hybridized carbons (Fsp3) is 0.375. The first kappa shape index (κ1) is 13.8. The van der Waals surface area contributed by atoms with Gasteiger partial charge in [-0.3, -0.25) is 0 Å². The van der Waals surface area contributed by atoms with E-state index in [1.165, 1.54) is 4.68 Å². The SMILES string of the molecule is C[C@H](c1ccccc1)n1ncc(F)c1C(=O)OC1CCC1. The second-order valence-electron chi connectivity index (χ2n) is 5.33. The van der Waals surface area contributed by atoms with Crippen LogP contribution in [0.1, 0.15) is 48.3 Å². The van der Waals surface area contributed by atoms with Crippen molar-refractivity contribution in [3.8, 4) is 0 Å². The first-order valence-corrected chi connectivity index (χ1v) is 7.15. The molecule has 1 saturated carbocycles. The Morgan fingerprint density at radius 2 is 2.10 bits per heavy atom. The third-order valence-corrected chi connectivity index (χ3v) is 3.92. The minimum Gasteiger partial charge on any atom is -0.458 e. The van der Waals surface area contributed by atoms with Gasteiger partial charge in [0.05, 0.1) is 12.2 Å². The van der Waals surface area contributed by atoms with Crippen LogP contribution < -0.4 is 0 Å². The number of ether oxygens (including phenoxy) is 1. The van der Waals surface area contributed by atoms with E-state index in [2.05, 4.69) is 5.10 Å². The quantitative estimate of drug-likeness (QED) is 0.810. The number of hydrogen-bond acceptors (Lipinski definition) is 3. The zero-order valence-electron chi connectivity index (χ0n) is 11.8. The molecule has 0 spiro atoms. The van der Waals surface area contributed by atoms with Crippen molar-refractivity contribution < 1.29 is 13.9 Å². The number of esters is 1. The lowest BCUT2D eigenvalue weighted by Crippen LogP contribution is -2.27. The van der Waals surface area contributed by atoms with Crippen LogP contribution in [0.15, 0.2) is 36.5 Å². The molecule has 1 aromatic carbocycles. The zero-order valence-corrected chi connectivity index (χ0v) is 11.8. The Labute approximate surface area is 122 Å². The number of aromatic nitrogens is 2. The van der Waals surface area contributed by atoms with Gasteiger partial charge in [-0.1, -0.05) is 30.3 Å². The molecule has 1 fully saturated rings. The van der Waals surface area contributed by atoms with Gasteiger partial charge >= 0.3 is 5.97 Å². The van der Waals surface area contributed by atoms with Crippen molar-refractivity contribution in [1.82, 2.24) is 9.78 Å². The third kappa shape index (κ3) is 2.68. The third-order valence-electron chi connectivity index (χ3n) is 3.92. The molecule has 110 valence electrons. The molecule has 1 aromatic heterocycles. The summed E-state index contributed by atoms with van der Waals surface area (Å²) in [5, 5.41) is 4.01.